The van der Waals surface area contributed by atoms with Gasteiger partial charge in [-0.25, -0.2) is 4.79 Å². The molecule has 0 rings (SSSR count). The van der Waals surface area contributed by atoms with E-state index in [-0.39, 0.29) is 36.2 Å². The number of hydrogen-bond donors (Lipinski definition) is 1. The molecule has 8 nitrogen and oxygen atoms in total. The lowest BCUT2D eigenvalue weighted by Gasteiger charge is -2.31. The first-order valence-corrected chi connectivity index (χ1v) is 27.7. The lowest BCUT2D eigenvalue weighted by molar-refractivity contribution is -0.887. The number of rotatable bonds is 51. The SMILES string of the molecule is CCCCCCCCCC/C=C/CCCCCCCCCC(=O)OCC(COCCC(C(=O)O)[N+](C)(C)C)OC(=O)CCCCCCCCCCCCCCCCCCCCCCC. The number of unbranched alkanes of at least 4 members (excludes halogenated alkanes) is 35. The summed E-state index contributed by atoms with van der Waals surface area (Å²) in [5.74, 6) is -1.45. The topological polar surface area (TPSA) is 99.1 Å². The third kappa shape index (κ3) is 45.2. The summed E-state index contributed by atoms with van der Waals surface area (Å²) in [7, 11) is 5.55. The predicted molar refractivity (Wildman–Crippen MR) is 271 cm³/mol. The smallest absolute Gasteiger partial charge is 0.362 e. The van der Waals surface area contributed by atoms with E-state index in [0.29, 0.717) is 19.3 Å². The Kier molecular flexibility index (Phi) is 46.1. The third-order valence-electron chi connectivity index (χ3n) is 12.9. The Bertz CT molecular complexity index is 1060. The molecule has 0 spiro atoms. The number of allylic oxidation sites excluding steroid dienone is 2. The number of carbonyl (C=O) groups excluding carboxylic acids is 2. The minimum Gasteiger partial charge on any atom is -0.477 e. The molecule has 378 valence electrons. The molecule has 0 aromatic rings. The average Bonchev–Trinajstić information content (AvgIpc) is 3.26. The van der Waals surface area contributed by atoms with Crippen LogP contribution in [-0.2, 0) is 28.6 Å². The molecular weight excluding hydrogens is 799 g/mol. The Morgan fingerprint density at radius 1 is 0.453 bits per heavy atom. The van der Waals surface area contributed by atoms with E-state index in [1.807, 2.05) is 21.1 Å². The van der Waals surface area contributed by atoms with Gasteiger partial charge >= 0.3 is 17.9 Å². The molecule has 8 heteroatoms. The number of esters is 2. The minimum atomic E-state index is -0.870. The summed E-state index contributed by atoms with van der Waals surface area (Å²) >= 11 is 0. The summed E-state index contributed by atoms with van der Waals surface area (Å²) < 4.78 is 17.4. The molecule has 0 radical (unpaired) electrons. The van der Waals surface area contributed by atoms with Gasteiger partial charge in [0, 0.05) is 19.3 Å². The van der Waals surface area contributed by atoms with Gasteiger partial charge in [0.15, 0.2) is 12.1 Å². The zero-order chi connectivity index (χ0) is 47.0. The number of likely N-dealkylation sites (N-methyl/N-ethyl adjacent to an activating group) is 1. The zero-order valence-electron chi connectivity index (χ0n) is 43.3. The zero-order valence-corrected chi connectivity index (χ0v) is 43.3. The highest BCUT2D eigenvalue weighted by atomic mass is 16.6. The van der Waals surface area contributed by atoms with Crippen molar-refractivity contribution in [3.8, 4) is 0 Å². The number of ether oxygens (including phenoxy) is 3. The van der Waals surface area contributed by atoms with Gasteiger partial charge < -0.3 is 23.8 Å². The molecule has 0 heterocycles. The molecule has 0 aromatic carbocycles. The second kappa shape index (κ2) is 47.6. The van der Waals surface area contributed by atoms with Crippen molar-refractivity contribution in [1.82, 2.24) is 0 Å². The lowest BCUT2D eigenvalue weighted by Crippen LogP contribution is -2.50. The second-order valence-electron chi connectivity index (χ2n) is 20.2. The quantitative estimate of drug-likeness (QED) is 0.0281. The van der Waals surface area contributed by atoms with Gasteiger partial charge in [-0.3, -0.25) is 9.59 Å². The second-order valence-corrected chi connectivity index (χ2v) is 20.2. The fourth-order valence-corrected chi connectivity index (χ4v) is 8.62. The van der Waals surface area contributed by atoms with E-state index in [2.05, 4.69) is 26.0 Å². The van der Waals surface area contributed by atoms with E-state index in [9.17, 15) is 19.5 Å². The lowest BCUT2D eigenvalue weighted by atomic mass is 10.0. The molecule has 1 N–H and O–H groups in total. The van der Waals surface area contributed by atoms with Crippen LogP contribution in [0.3, 0.4) is 0 Å². The third-order valence-corrected chi connectivity index (χ3v) is 12.9. The monoisotopic (exact) mass is 907 g/mol. The molecular formula is C56H108NO7+. The first-order chi connectivity index (χ1) is 31.1. The van der Waals surface area contributed by atoms with E-state index in [0.717, 1.165) is 38.5 Å². The highest BCUT2D eigenvalue weighted by molar-refractivity contribution is 5.72. The largest absolute Gasteiger partial charge is 0.477 e. The van der Waals surface area contributed by atoms with Crippen molar-refractivity contribution < 1.29 is 38.2 Å². The van der Waals surface area contributed by atoms with Crippen molar-refractivity contribution in [1.29, 1.82) is 0 Å². The minimum absolute atomic E-state index is 0.0465. The molecule has 0 bridgehead atoms. The van der Waals surface area contributed by atoms with Crippen molar-refractivity contribution in [2.75, 3.05) is 41.0 Å². The van der Waals surface area contributed by atoms with Crippen molar-refractivity contribution in [2.45, 2.75) is 289 Å². The van der Waals surface area contributed by atoms with Crippen LogP contribution < -0.4 is 0 Å². The van der Waals surface area contributed by atoms with E-state index < -0.39 is 18.1 Å². The molecule has 0 aliphatic carbocycles. The normalized spacial score (nSPS) is 12.8. The number of carboxylic acids is 1. The number of aliphatic carboxylic acids is 1. The van der Waals surface area contributed by atoms with Crippen LogP contribution in [-0.4, -0.2) is 80.6 Å². The van der Waals surface area contributed by atoms with Gasteiger partial charge in [0.25, 0.3) is 0 Å². The maximum Gasteiger partial charge on any atom is 0.362 e. The van der Waals surface area contributed by atoms with Crippen LogP contribution in [0.1, 0.15) is 277 Å². The molecule has 0 aliphatic rings. The predicted octanol–water partition coefficient (Wildman–Crippen LogP) is 16.2. The van der Waals surface area contributed by atoms with E-state index in [1.54, 1.807) is 0 Å². The molecule has 0 aliphatic heterocycles. The highest BCUT2D eigenvalue weighted by Gasteiger charge is 2.31. The van der Waals surface area contributed by atoms with Gasteiger partial charge in [0.2, 0.25) is 0 Å². The average molecular weight is 907 g/mol. The maximum atomic E-state index is 12.8. The van der Waals surface area contributed by atoms with E-state index in [4.69, 9.17) is 14.2 Å². The van der Waals surface area contributed by atoms with Crippen LogP contribution in [0.5, 0.6) is 0 Å². The first kappa shape index (κ1) is 62.1. The van der Waals surface area contributed by atoms with Gasteiger partial charge in [-0.2, -0.15) is 0 Å². The van der Waals surface area contributed by atoms with Gasteiger partial charge in [0.1, 0.15) is 6.61 Å². The van der Waals surface area contributed by atoms with Gasteiger partial charge in [-0.1, -0.05) is 231 Å². The molecule has 2 atom stereocenters. The van der Waals surface area contributed by atoms with Crippen LogP contribution in [0.15, 0.2) is 12.2 Å². The van der Waals surface area contributed by atoms with Crippen LogP contribution in [0.2, 0.25) is 0 Å². The fraction of sp³-hybridized carbons (Fsp3) is 0.911. The number of carboxylic acid groups (broad SMARTS) is 1. The molecule has 64 heavy (non-hydrogen) atoms. The number of quaternary nitrogens is 1. The summed E-state index contributed by atoms with van der Waals surface area (Å²) in [6, 6.07) is -0.612. The Hall–Kier alpha value is -1.93. The van der Waals surface area contributed by atoms with Crippen LogP contribution in [0.4, 0.5) is 0 Å². The molecule has 0 fully saturated rings. The van der Waals surface area contributed by atoms with Crippen molar-refractivity contribution >= 4 is 17.9 Å². The Morgan fingerprint density at radius 2 is 0.781 bits per heavy atom. The van der Waals surface area contributed by atoms with Crippen molar-refractivity contribution in [2.24, 2.45) is 0 Å². The standard InChI is InChI=1S/C56H107NO7/c1-6-8-10-12-14-16-18-20-22-24-26-27-29-31-33-35-37-39-41-43-45-47-55(59)64-52(50-62-49-48-53(56(60)61)57(3,4)5)51-63-54(58)46-44-42-40-38-36-34-32-30-28-25-23-21-19-17-15-13-11-9-7-2/h25,28,52-53H,6-24,26-27,29-51H2,1-5H3/p+1/b28-25+. The van der Waals surface area contributed by atoms with Gasteiger partial charge in [0.05, 0.1) is 34.4 Å². The molecule has 0 saturated carbocycles. The molecule has 0 aromatic heterocycles. The highest BCUT2D eigenvalue weighted by Crippen LogP contribution is 2.17. The summed E-state index contributed by atoms with van der Waals surface area (Å²) in [5.41, 5.74) is 0. The summed E-state index contributed by atoms with van der Waals surface area (Å²) in [4.78, 5) is 37.2. The van der Waals surface area contributed by atoms with E-state index in [1.165, 1.54) is 205 Å². The van der Waals surface area contributed by atoms with Crippen molar-refractivity contribution in [3.05, 3.63) is 12.2 Å². The number of nitrogens with zero attached hydrogens (tertiary/aromatic N) is 1. The number of carbonyl (C=O) groups is 3. The first-order valence-electron chi connectivity index (χ1n) is 27.7. The molecule has 0 amide bonds. The van der Waals surface area contributed by atoms with Crippen LogP contribution in [0, 0.1) is 0 Å². The Labute approximate surface area is 397 Å². The summed E-state index contributed by atoms with van der Waals surface area (Å²) in [6.45, 7) is 4.79. The summed E-state index contributed by atoms with van der Waals surface area (Å²) in [6.07, 6.45) is 54.1. The number of hydrogen-bond acceptors (Lipinski definition) is 6. The van der Waals surface area contributed by atoms with Crippen LogP contribution in [0.25, 0.3) is 0 Å². The fourth-order valence-electron chi connectivity index (χ4n) is 8.62. The van der Waals surface area contributed by atoms with E-state index >= 15 is 0 Å². The summed E-state index contributed by atoms with van der Waals surface area (Å²) in [5, 5.41) is 9.67. The maximum absolute atomic E-state index is 12.8. The Balaban J connectivity index is 4.16. The van der Waals surface area contributed by atoms with Gasteiger partial charge in [-0.15, -0.1) is 0 Å². The van der Waals surface area contributed by atoms with Crippen molar-refractivity contribution in [3.63, 3.8) is 0 Å². The van der Waals surface area contributed by atoms with Gasteiger partial charge in [-0.05, 0) is 38.5 Å². The van der Waals surface area contributed by atoms with Crippen LogP contribution >= 0.6 is 0 Å². The molecule has 0 saturated heterocycles. The molecule has 2 unspecified atom stereocenters. The Morgan fingerprint density at radius 3 is 1.12 bits per heavy atom.